The quantitative estimate of drug-likeness (QED) is 0.384. The molecule has 0 aliphatic heterocycles. The zero-order valence-corrected chi connectivity index (χ0v) is 10.5. The van der Waals surface area contributed by atoms with E-state index in [9.17, 15) is 0 Å². The summed E-state index contributed by atoms with van der Waals surface area (Å²) >= 11 is 0. The maximum Gasteiger partial charge on any atom is 0.105 e. The lowest BCUT2D eigenvalue weighted by molar-refractivity contribution is 0.350. The van der Waals surface area contributed by atoms with Crippen LogP contribution in [0.3, 0.4) is 0 Å². The van der Waals surface area contributed by atoms with Crippen molar-refractivity contribution < 1.29 is 5.11 Å². The predicted octanol–water partition coefficient (Wildman–Crippen LogP) is 3.46. The van der Waals surface area contributed by atoms with E-state index in [1.165, 1.54) is 25.7 Å². The van der Waals surface area contributed by atoms with Gasteiger partial charge >= 0.3 is 0 Å². The van der Waals surface area contributed by atoms with Crippen molar-refractivity contribution in [2.45, 2.75) is 44.9 Å². The first kappa shape index (κ1) is 15.6. The van der Waals surface area contributed by atoms with Gasteiger partial charge in [0.2, 0.25) is 0 Å². The highest BCUT2D eigenvalue weighted by molar-refractivity contribution is 5.25. The Balaban J connectivity index is 3.20. The molecule has 1 heteroatoms. The average molecular weight is 230 g/mol. The molecule has 92 valence electrons. The molecule has 1 nitrogen and oxygen atoms in total. The minimum atomic E-state index is -0.102. The molecule has 0 saturated carbocycles. The maximum absolute atomic E-state index is 8.39. The second-order valence-corrected chi connectivity index (χ2v) is 3.73. The van der Waals surface area contributed by atoms with Crippen LogP contribution in [0.2, 0.25) is 0 Å². The van der Waals surface area contributed by atoms with Crippen molar-refractivity contribution in [1.29, 1.82) is 0 Å². The molecular formula is C16H22O. The van der Waals surface area contributed by atoms with Gasteiger partial charge in [-0.2, -0.15) is 0 Å². The lowest BCUT2D eigenvalue weighted by atomic mass is 10.1. The van der Waals surface area contributed by atoms with Crippen LogP contribution in [-0.4, -0.2) is 11.7 Å². The fraction of sp³-hybridized carbons (Fsp3) is 0.500. The van der Waals surface area contributed by atoms with Crippen molar-refractivity contribution in [2.75, 3.05) is 6.61 Å². The highest BCUT2D eigenvalue weighted by atomic mass is 16.2. The fourth-order valence-electron chi connectivity index (χ4n) is 1.39. The Bertz CT molecular complexity index is 317. The summed E-state index contributed by atoms with van der Waals surface area (Å²) in [6, 6.07) is 0. The molecular weight excluding hydrogens is 208 g/mol. The first-order chi connectivity index (χ1) is 8.41. The molecule has 0 bridgehead atoms. The Labute approximate surface area is 106 Å². The summed E-state index contributed by atoms with van der Waals surface area (Å²) in [7, 11) is 0. The number of unbranched alkanes of at least 4 members (excludes halogenated alkanes) is 6. The van der Waals surface area contributed by atoms with Crippen LogP contribution in [0.25, 0.3) is 0 Å². The van der Waals surface area contributed by atoms with Crippen LogP contribution < -0.4 is 0 Å². The van der Waals surface area contributed by atoms with Gasteiger partial charge in [-0.1, -0.05) is 55.9 Å². The second-order valence-electron chi connectivity index (χ2n) is 3.73. The zero-order valence-electron chi connectivity index (χ0n) is 10.5. The third kappa shape index (κ3) is 14.6. The molecule has 0 amide bonds. The third-order valence-corrected chi connectivity index (χ3v) is 2.26. The summed E-state index contributed by atoms with van der Waals surface area (Å²) in [6.45, 7) is 3.53. The molecule has 0 saturated heterocycles. The minimum Gasteiger partial charge on any atom is -0.384 e. The largest absolute Gasteiger partial charge is 0.384 e. The summed E-state index contributed by atoms with van der Waals surface area (Å²) in [4.78, 5) is 0. The SMILES string of the molecule is C=C/C=C/CCCCCCCC#CC#CCO. The van der Waals surface area contributed by atoms with Crippen LogP contribution in [0, 0.1) is 23.7 Å². The van der Waals surface area contributed by atoms with Gasteiger partial charge in [0.15, 0.2) is 0 Å². The monoisotopic (exact) mass is 230 g/mol. The van der Waals surface area contributed by atoms with Crippen LogP contribution in [0.5, 0.6) is 0 Å². The summed E-state index contributed by atoms with van der Waals surface area (Å²) in [5.74, 6) is 10.8. The van der Waals surface area contributed by atoms with Gasteiger partial charge in [0.05, 0.1) is 0 Å². The molecule has 0 unspecified atom stereocenters. The van der Waals surface area contributed by atoms with Crippen molar-refractivity contribution in [2.24, 2.45) is 0 Å². The molecule has 0 heterocycles. The van der Waals surface area contributed by atoms with E-state index in [1.807, 2.05) is 12.2 Å². The zero-order chi connectivity index (χ0) is 12.6. The van der Waals surface area contributed by atoms with Crippen molar-refractivity contribution in [1.82, 2.24) is 0 Å². The molecule has 0 aromatic carbocycles. The molecule has 0 spiro atoms. The van der Waals surface area contributed by atoms with Crippen LogP contribution >= 0.6 is 0 Å². The van der Waals surface area contributed by atoms with Crippen molar-refractivity contribution in [3.8, 4) is 23.7 Å². The molecule has 0 atom stereocenters. The molecule has 0 fully saturated rings. The number of allylic oxidation sites excluding steroid dienone is 3. The maximum atomic E-state index is 8.39. The Kier molecular flexibility index (Phi) is 13.3. The molecule has 0 rings (SSSR count). The number of hydrogen-bond acceptors (Lipinski definition) is 1. The number of hydrogen-bond donors (Lipinski definition) is 1. The van der Waals surface area contributed by atoms with Crippen LogP contribution in [0.4, 0.5) is 0 Å². The van der Waals surface area contributed by atoms with Crippen LogP contribution in [-0.2, 0) is 0 Å². The lowest BCUT2D eigenvalue weighted by Crippen LogP contribution is -1.78. The standard InChI is InChI=1S/C16H22O/c1-2-3-4-5-6-7-8-9-10-11-12-13-14-15-16-17/h2-4,17H,1,5-11,16H2/b4-3+. The summed E-state index contributed by atoms with van der Waals surface area (Å²) in [6.07, 6.45) is 14.3. The average Bonchev–Trinajstić information content (AvgIpc) is 2.35. The minimum absolute atomic E-state index is 0.102. The molecule has 0 radical (unpaired) electrons. The molecule has 1 N–H and O–H groups in total. The Morgan fingerprint density at radius 1 is 0.941 bits per heavy atom. The van der Waals surface area contributed by atoms with E-state index in [2.05, 4.69) is 36.3 Å². The number of aliphatic hydroxyl groups is 1. The van der Waals surface area contributed by atoms with E-state index in [1.54, 1.807) is 0 Å². The van der Waals surface area contributed by atoms with Gasteiger partial charge in [0, 0.05) is 6.42 Å². The third-order valence-electron chi connectivity index (χ3n) is 2.26. The van der Waals surface area contributed by atoms with Crippen LogP contribution in [0.15, 0.2) is 24.8 Å². The normalized spacial score (nSPS) is 9.24. The molecule has 0 aromatic rings. The molecule has 0 aromatic heterocycles. The predicted molar refractivity (Wildman–Crippen MR) is 74.3 cm³/mol. The van der Waals surface area contributed by atoms with E-state index in [0.29, 0.717) is 0 Å². The number of aliphatic hydroxyl groups excluding tert-OH is 1. The topological polar surface area (TPSA) is 20.2 Å². The smallest absolute Gasteiger partial charge is 0.105 e. The summed E-state index contributed by atoms with van der Waals surface area (Å²) in [5, 5.41) is 8.39. The van der Waals surface area contributed by atoms with Gasteiger partial charge in [0.1, 0.15) is 6.61 Å². The van der Waals surface area contributed by atoms with Crippen molar-refractivity contribution >= 4 is 0 Å². The van der Waals surface area contributed by atoms with Gasteiger partial charge in [0.25, 0.3) is 0 Å². The van der Waals surface area contributed by atoms with Crippen molar-refractivity contribution in [3.63, 3.8) is 0 Å². The van der Waals surface area contributed by atoms with E-state index >= 15 is 0 Å². The highest BCUT2D eigenvalue weighted by Crippen LogP contribution is 2.07. The van der Waals surface area contributed by atoms with E-state index in [4.69, 9.17) is 5.11 Å². The van der Waals surface area contributed by atoms with E-state index in [0.717, 1.165) is 19.3 Å². The second kappa shape index (κ2) is 14.6. The first-order valence-corrected chi connectivity index (χ1v) is 6.26. The Hall–Kier alpha value is -1.44. The lowest BCUT2D eigenvalue weighted by Gasteiger charge is -1.96. The van der Waals surface area contributed by atoms with Gasteiger partial charge in [-0.3, -0.25) is 0 Å². The van der Waals surface area contributed by atoms with Gasteiger partial charge in [-0.25, -0.2) is 0 Å². The van der Waals surface area contributed by atoms with E-state index < -0.39 is 0 Å². The van der Waals surface area contributed by atoms with Gasteiger partial charge in [-0.15, -0.1) is 0 Å². The van der Waals surface area contributed by atoms with Crippen LogP contribution in [0.1, 0.15) is 44.9 Å². The number of rotatable bonds is 8. The van der Waals surface area contributed by atoms with Crippen molar-refractivity contribution in [3.05, 3.63) is 24.8 Å². The van der Waals surface area contributed by atoms with E-state index in [-0.39, 0.29) is 6.61 Å². The molecule has 0 aliphatic carbocycles. The Morgan fingerprint density at radius 2 is 1.65 bits per heavy atom. The first-order valence-electron chi connectivity index (χ1n) is 6.26. The van der Waals surface area contributed by atoms with Gasteiger partial charge < -0.3 is 5.11 Å². The molecule has 17 heavy (non-hydrogen) atoms. The van der Waals surface area contributed by atoms with Gasteiger partial charge in [-0.05, 0) is 31.1 Å². The summed E-state index contributed by atoms with van der Waals surface area (Å²) < 4.78 is 0. The highest BCUT2D eigenvalue weighted by Gasteiger charge is 1.88. The fourth-order valence-corrected chi connectivity index (χ4v) is 1.39. The molecule has 0 aliphatic rings. The summed E-state index contributed by atoms with van der Waals surface area (Å²) in [5.41, 5.74) is 0. The Morgan fingerprint density at radius 3 is 2.41 bits per heavy atom.